The van der Waals surface area contributed by atoms with Crippen molar-refractivity contribution in [1.82, 2.24) is 4.90 Å². The van der Waals surface area contributed by atoms with Crippen molar-refractivity contribution in [2.75, 3.05) is 18.5 Å². The topological polar surface area (TPSA) is 77.1 Å². The number of carbonyl (C=O) groups excluding carboxylic acids is 2. The lowest BCUT2D eigenvalue weighted by Crippen LogP contribution is -2.41. The maximum Gasteiger partial charge on any atom is 0.494 e. The molecule has 0 spiro atoms. The van der Waals surface area contributed by atoms with Gasteiger partial charge in [-0.1, -0.05) is 49.7 Å². The van der Waals surface area contributed by atoms with Crippen LogP contribution in [0.4, 0.5) is 19.3 Å². The summed E-state index contributed by atoms with van der Waals surface area (Å²) in [6, 6.07) is 19.8. The molecule has 1 unspecified atom stereocenters. The summed E-state index contributed by atoms with van der Waals surface area (Å²) >= 11 is 0. The van der Waals surface area contributed by atoms with E-state index in [1.54, 1.807) is 12.1 Å². The Hall–Kier alpha value is -3.76. The van der Waals surface area contributed by atoms with Crippen molar-refractivity contribution in [2.24, 2.45) is 0 Å². The highest BCUT2D eigenvalue weighted by Crippen LogP contribution is 2.36. The molecule has 2 heterocycles. The van der Waals surface area contributed by atoms with Gasteiger partial charge in [-0.25, -0.2) is 18.5 Å². The molecule has 0 aliphatic carbocycles. The molecule has 10 heteroatoms. The maximum absolute atomic E-state index is 13.3. The number of benzene rings is 3. The van der Waals surface area contributed by atoms with Crippen LogP contribution in [-0.2, 0) is 25.3 Å². The Labute approximate surface area is 252 Å². The van der Waals surface area contributed by atoms with Crippen LogP contribution in [-0.4, -0.2) is 48.4 Å². The van der Waals surface area contributed by atoms with E-state index in [0.717, 1.165) is 28.8 Å². The lowest BCUT2D eigenvalue weighted by Gasteiger charge is -2.32. The van der Waals surface area contributed by atoms with Crippen molar-refractivity contribution in [3.05, 3.63) is 95.6 Å². The monoisotopic (exact) mass is 592 g/mol. The van der Waals surface area contributed by atoms with E-state index < -0.39 is 30.5 Å². The molecule has 3 aromatic carbocycles. The lowest BCUT2D eigenvalue weighted by molar-refractivity contribution is -0.128. The molecule has 2 aliphatic heterocycles. The van der Waals surface area contributed by atoms with Crippen molar-refractivity contribution in [3.63, 3.8) is 0 Å². The highest BCUT2D eigenvalue weighted by atomic mass is 19.1. The summed E-state index contributed by atoms with van der Waals surface area (Å²) in [6.45, 7) is 10.5. The second-order valence-corrected chi connectivity index (χ2v) is 11.7. The first-order valence-corrected chi connectivity index (χ1v) is 14.6. The molecule has 2 fully saturated rings. The number of anilines is 1. The lowest BCUT2D eigenvalue weighted by atomic mass is 9.78. The van der Waals surface area contributed by atoms with Crippen LogP contribution in [0.2, 0.25) is 0 Å². The Kier molecular flexibility index (Phi) is 10.2. The van der Waals surface area contributed by atoms with Gasteiger partial charge in [-0.3, -0.25) is 4.79 Å². The third kappa shape index (κ3) is 8.21. The number of nitrogens with zero attached hydrogens (tertiary/aromatic N) is 1. The van der Waals surface area contributed by atoms with Crippen LogP contribution < -0.4 is 10.8 Å². The van der Waals surface area contributed by atoms with Gasteiger partial charge in [-0.2, -0.15) is 0 Å². The highest BCUT2D eigenvalue weighted by Gasteiger charge is 2.51. The Morgan fingerprint density at radius 3 is 1.98 bits per heavy atom. The summed E-state index contributed by atoms with van der Waals surface area (Å²) in [6.07, 6.45) is 1.56. The number of ether oxygens (including phenoxy) is 1. The van der Waals surface area contributed by atoms with E-state index in [0.29, 0.717) is 5.69 Å². The van der Waals surface area contributed by atoms with E-state index in [1.165, 1.54) is 29.8 Å². The number of rotatable bonds is 8. The fraction of sp³-hybridized carbons (Fsp3) is 0.394. The van der Waals surface area contributed by atoms with Gasteiger partial charge in [0, 0.05) is 5.69 Å². The van der Waals surface area contributed by atoms with E-state index in [2.05, 4.69) is 12.2 Å². The number of hydrogen-bond acceptors (Lipinski definition) is 6. The van der Waals surface area contributed by atoms with Crippen molar-refractivity contribution in [2.45, 2.75) is 71.1 Å². The predicted octanol–water partition coefficient (Wildman–Crippen LogP) is 6.43. The van der Waals surface area contributed by atoms with Crippen molar-refractivity contribution in [1.29, 1.82) is 0 Å². The number of aryl methyl sites for hydroxylation is 1. The largest absolute Gasteiger partial charge is 0.494 e. The Balaban J connectivity index is 0.000000359. The van der Waals surface area contributed by atoms with Crippen LogP contribution in [0, 0.1) is 11.6 Å². The summed E-state index contributed by atoms with van der Waals surface area (Å²) in [5, 5.41) is 3.28. The van der Waals surface area contributed by atoms with Gasteiger partial charge in [0.15, 0.2) is 0 Å². The molecule has 228 valence electrons. The normalized spacial score (nSPS) is 17.6. The van der Waals surface area contributed by atoms with Crippen LogP contribution in [0.1, 0.15) is 64.6 Å². The van der Waals surface area contributed by atoms with Gasteiger partial charge in [0.2, 0.25) is 5.91 Å². The fourth-order valence-corrected chi connectivity index (χ4v) is 4.71. The molecule has 0 saturated carbocycles. The molecular weight excluding hydrogens is 553 g/mol. The van der Waals surface area contributed by atoms with Crippen LogP contribution in [0.3, 0.4) is 0 Å². The van der Waals surface area contributed by atoms with Crippen LogP contribution in [0.5, 0.6) is 0 Å². The third-order valence-corrected chi connectivity index (χ3v) is 7.94. The van der Waals surface area contributed by atoms with Crippen LogP contribution in [0.25, 0.3) is 0 Å². The standard InChI is InChI=1S/C24H28BFN2O5.C9H11F/c1-23(2)24(3,4)33-25(32-23)17-7-5-16(6-8-17)20(27-19-11-9-18(26)10-12-19)15-21(29)28-13-14-31-22(28)30;1-2-3-8-4-6-9(10)7-5-8/h5-12,20,27H,13-15H2,1-4H3;4-7H,2-3H2,1H3. The number of halogens is 2. The Morgan fingerprint density at radius 2 is 1.47 bits per heavy atom. The first kappa shape index (κ1) is 32.2. The summed E-state index contributed by atoms with van der Waals surface area (Å²) in [5.41, 5.74) is 2.68. The van der Waals surface area contributed by atoms with Gasteiger partial charge in [0.1, 0.15) is 18.2 Å². The zero-order chi connectivity index (χ0) is 31.2. The predicted molar refractivity (Wildman–Crippen MR) is 163 cm³/mol. The summed E-state index contributed by atoms with van der Waals surface area (Å²) in [5.74, 6) is -0.841. The number of nitrogens with one attached hydrogen (secondary N) is 1. The van der Waals surface area contributed by atoms with Gasteiger partial charge in [-0.15, -0.1) is 0 Å². The van der Waals surface area contributed by atoms with Crippen molar-refractivity contribution < 1.29 is 32.4 Å². The molecule has 43 heavy (non-hydrogen) atoms. The molecular formula is C33H39BF2N2O5. The average Bonchev–Trinajstić information content (AvgIpc) is 3.50. The van der Waals surface area contributed by atoms with E-state index in [1.807, 2.05) is 64.1 Å². The van der Waals surface area contributed by atoms with Crippen molar-refractivity contribution >= 4 is 30.3 Å². The van der Waals surface area contributed by atoms with E-state index in [4.69, 9.17) is 14.0 Å². The molecule has 1 atom stereocenters. The quantitative estimate of drug-likeness (QED) is 0.304. The Bertz CT molecular complexity index is 1370. The maximum atomic E-state index is 13.3. The fourth-order valence-electron chi connectivity index (χ4n) is 4.71. The van der Waals surface area contributed by atoms with Crippen molar-refractivity contribution in [3.8, 4) is 0 Å². The van der Waals surface area contributed by atoms with Gasteiger partial charge < -0.3 is 19.4 Å². The zero-order valence-electron chi connectivity index (χ0n) is 25.4. The number of imide groups is 1. The first-order valence-electron chi connectivity index (χ1n) is 14.6. The molecule has 1 N–H and O–H groups in total. The summed E-state index contributed by atoms with van der Waals surface area (Å²) < 4.78 is 42.8. The minimum Gasteiger partial charge on any atom is -0.447 e. The van der Waals surface area contributed by atoms with Crippen LogP contribution >= 0.6 is 0 Å². The molecule has 0 aromatic heterocycles. The number of cyclic esters (lactones) is 1. The average molecular weight is 592 g/mol. The SMILES string of the molecule is CC1(C)OB(c2ccc(C(CC(=O)N3CCOC3=O)Nc3ccc(F)cc3)cc2)OC1(C)C.CCCc1ccc(F)cc1. The smallest absolute Gasteiger partial charge is 0.447 e. The first-order chi connectivity index (χ1) is 20.4. The number of hydrogen-bond donors (Lipinski definition) is 1. The molecule has 0 bridgehead atoms. The molecule has 2 saturated heterocycles. The molecule has 5 rings (SSSR count). The molecule has 2 aliphatic rings. The van der Waals surface area contributed by atoms with E-state index >= 15 is 0 Å². The number of carbonyl (C=O) groups is 2. The summed E-state index contributed by atoms with van der Waals surface area (Å²) in [4.78, 5) is 25.7. The van der Waals surface area contributed by atoms with E-state index in [-0.39, 0.29) is 37.1 Å². The highest BCUT2D eigenvalue weighted by molar-refractivity contribution is 6.62. The van der Waals surface area contributed by atoms with Gasteiger partial charge in [0.25, 0.3) is 0 Å². The van der Waals surface area contributed by atoms with Gasteiger partial charge in [-0.05, 0) is 87.1 Å². The molecule has 3 aromatic rings. The Morgan fingerprint density at radius 1 is 0.907 bits per heavy atom. The molecule has 7 nitrogen and oxygen atoms in total. The minimum atomic E-state index is -0.628. The van der Waals surface area contributed by atoms with Crippen LogP contribution in [0.15, 0.2) is 72.8 Å². The third-order valence-electron chi connectivity index (χ3n) is 7.94. The molecule has 2 amide bonds. The minimum absolute atomic E-state index is 0.0301. The summed E-state index contributed by atoms with van der Waals surface area (Å²) in [7, 11) is -0.492. The van der Waals surface area contributed by atoms with Gasteiger partial charge in [0.05, 0.1) is 30.2 Å². The second kappa shape index (κ2) is 13.7. The van der Waals surface area contributed by atoms with Gasteiger partial charge >= 0.3 is 13.2 Å². The second-order valence-electron chi connectivity index (χ2n) is 11.7. The number of amides is 2. The molecule has 0 radical (unpaired) electrons. The van der Waals surface area contributed by atoms with E-state index in [9.17, 15) is 18.4 Å². The zero-order valence-corrected chi connectivity index (χ0v) is 25.4.